The van der Waals surface area contributed by atoms with Crippen LogP contribution in [0.25, 0.3) is 0 Å². The Labute approximate surface area is 109 Å². The van der Waals surface area contributed by atoms with Gasteiger partial charge in [-0.15, -0.1) is 0 Å². The lowest BCUT2D eigenvalue weighted by Gasteiger charge is -2.30. The van der Waals surface area contributed by atoms with Crippen LogP contribution in [0.5, 0.6) is 0 Å². The Balaban J connectivity index is 2.27. The van der Waals surface area contributed by atoms with Gasteiger partial charge in [-0.2, -0.15) is 5.26 Å². The van der Waals surface area contributed by atoms with E-state index in [2.05, 4.69) is 30.0 Å². The molecule has 0 bridgehead atoms. The maximum atomic E-state index is 8.99. The normalized spacial score (nSPS) is 19.2. The van der Waals surface area contributed by atoms with Crippen molar-refractivity contribution in [3.05, 3.63) is 23.8 Å². The molecule has 4 nitrogen and oxygen atoms in total. The molecule has 1 aliphatic rings. The fraction of sp³-hybridized carbons (Fsp3) is 0.500. The van der Waals surface area contributed by atoms with E-state index in [4.69, 9.17) is 11.0 Å². The molecule has 1 saturated heterocycles. The van der Waals surface area contributed by atoms with E-state index in [-0.39, 0.29) is 0 Å². The number of nitriles is 1. The average molecular weight is 244 g/mol. The summed E-state index contributed by atoms with van der Waals surface area (Å²) >= 11 is 0. The summed E-state index contributed by atoms with van der Waals surface area (Å²) in [6.45, 7) is 2.05. The molecule has 0 saturated carbocycles. The fourth-order valence-electron chi connectivity index (χ4n) is 2.63. The van der Waals surface area contributed by atoms with Gasteiger partial charge in [0.1, 0.15) is 0 Å². The van der Waals surface area contributed by atoms with Crippen molar-refractivity contribution in [3.63, 3.8) is 0 Å². The summed E-state index contributed by atoms with van der Waals surface area (Å²) in [6.07, 6.45) is 2.38. The zero-order chi connectivity index (χ0) is 13.1. The number of benzene rings is 1. The lowest BCUT2D eigenvalue weighted by Crippen LogP contribution is -2.37. The number of rotatable bonds is 3. The summed E-state index contributed by atoms with van der Waals surface area (Å²) in [4.78, 5) is 4.55. The van der Waals surface area contributed by atoms with E-state index < -0.39 is 0 Å². The standard InChI is InChI=1S/C14H20N4/c1-17(2)10-12-4-3-7-18(12)14-8-11(9-15)5-6-13(14)16/h5-6,8,12H,3-4,7,10,16H2,1-2H3. The molecule has 2 N–H and O–H groups in total. The zero-order valence-electron chi connectivity index (χ0n) is 11.1. The van der Waals surface area contributed by atoms with Crippen LogP contribution in [0.2, 0.25) is 0 Å². The molecule has 96 valence electrons. The second-order valence-electron chi connectivity index (χ2n) is 5.14. The van der Waals surface area contributed by atoms with Gasteiger partial charge in [0.15, 0.2) is 0 Å². The second kappa shape index (κ2) is 5.28. The molecule has 4 heteroatoms. The number of hydrogen-bond acceptors (Lipinski definition) is 4. The molecule has 18 heavy (non-hydrogen) atoms. The van der Waals surface area contributed by atoms with Gasteiger partial charge in [-0.1, -0.05) is 0 Å². The van der Waals surface area contributed by atoms with Gasteiger partial charge in [0.2, 0.25) is 0 Å². The Morgan fingerprint density at radius 3 is 2.94 bits per heavy atom. The first-order chi connectivity index (χ1) is 8.61. The van der Waals surface area contributed by atoms with E-state index in [1.165, 1.54) is 12.8 Å². The van der Waals surface area contributed by atoms with Crippen LogP contribution in [-0.4, -0.2) is 38.1 Å². The summed E-state index contributed by atoms with van der Waals surface area (Å²) in [5.41, 5.74) is 8.50. The fourth-order valence-corrected chi connectivity index (χ4v) is 2.63. The summed E-state index contributed by atoms with van der Waals surface area (Å²) in [5.74, 6) is 0. The molecular formula is C14H20N4. The summed E-state index contributed by atoms with van der Waals surface area (Å²) in [6, 6.07) is 8.19. The van der Waals surface area contributed by atoms with E-state index in [1.807, 2.05) is 12.1 Å². The van der Waals surface area contributed by atoms with Crippen LogP contribution >= 0.6 is 0 Å². The van der Waals surface area contributed by atoms with Crippen LogP contribution in [0.1, 0.15) is 18.4 Å². The summed E-state index contributed by atoms with van der Waals surface area (Å²) < 4.78 is 0. The van der Waals surface area contributed by atoms with E-state index >= 15 is 0 Å². The topological polar surface area (TPSA) is 56.3 Å². The largest absolute Gasteiger partial charge is 0.397 e. The van der Waals surface area contributed by atoms with Crippen LogP contribution in [0.3, 0.4) is 0 Å². The van der Waals surface area contributed by atoms with Gasteiger partial charge in [0.25, 0.3) is 0 Å². The highest BCUT2D eigenvalue weighted by atomic mass is 15.2. The number of nitrogens with two attached hydrogens (primary N) is 1. The molecule has 1 fully saturated rings. The maximum Gasteiger partial charge on any atom is 0.0992 e. The molecule has 0 radical (unpaired) electrons. The molecule has 0 aromatic heterocycles. The highest BCUT2D eigenvalue weighted by Gasteiger charge is 2.26. The highest BCUT2D eigenvalue weighted by Crippen LogP contribution is 2.31. The summed E-state index contributed by atoms with van der Waals surface area (Å²) in [5, 5.41) is 8.99. The van der Waals surface area contributed by atoms with Crippen LogP contribution in [0.15, 0.2) is 18.2 Å². The highest BCUT2D eigenvalue weighted by molar-refractivity contribution is 5.70. The third-order valence-electron chi connectivity index (χ3n) is 3.42. The zero-order valence-corrected chi connectivity index (χ0v) is 11.1. The van der Waals surface area contributed by atoms with Gasteiger partial charge in [0, 0.05) is 19.1 Å². The van der Waals surface area contributed by atoms with Gasteiger partial charge in [0.05, 0.1) is 23.0 Å². The van der Waals surface area contributed by atoms with E-state index in [0.717, 1.165) is 24.5 Å². The molecule has 0 aliphatic carbocycles. The monoisotopic (exact) mass is 244 g/mol. The maximum absolute atomic E-state index is 8.99. The van der Waals surface area contributed by atoms with Crippen molar-refractivity contribution in [3.8, 4) is 6.07 Å². The molecule has 1 unspecified atom stereocenters. The smallest absolute Gasteiger partial charge is 0.0992 e. The lowest BCUT2D eigenvalue weighted by molar-refractivity contribution is 0.372. The molecule has 1 aliphatic heterocycles. The summed E-state index contributed by atoms with van der Waals surface area (Å²) in [7, 11) is 4.18. The van der Waals surface area contributed by atoms with Gasteiger partial charge < -0.3 is 15.5 Å². The van der Waals surface area contributed by atoms with Crippen molar-refractivity contribution in [1.82, 2.24) is 4.90 Å². The molecule has 1 atom stereocenters. The first kappa shape index (κ1) is 12.7. The molecule has 2 rings (SSSR count). The molecular weight excluding hydrogens is 224 g/mol. The van der Waals surface area contributed by atoms with Crippen LogP contribution < -0.4 is 10.6 Å². The van der Waals surface area contributed by atoms with Crippen LogP contribution in [0.4, 0.5) is 11.4 Å². The predicted molar refractivity (Wildman–Crippen MR) is 74.5 cm³/mol. The van der Waals surface area contributed by atoms with Crippen LogP contribution in [-0.2, 0) is 0 Å². The molecule has 1 heterocycles. The third-order valence-corrected chi connectivity index (χ3v) is 3.42. The first-order valence-electron chi connectivity index (χ1n) is 6.33. The molecule has 0 amide bonds. The number of nitrogens with zero attached hydrogens (tertiary/aromatic N) is 3. The minimum atomic E-state index is 0.497. The van der Waals surface area contributed by atoms with Gasteiger partial charge >= 0.3 is 0 Å². The predicted octanol–water partition coefficient (Wildman–Crippen LogP) is 1.67. The minimum Gasteiger partial charge on any atom is -0.397 e. The SMILES string of the molecule is CN(C)CC1CCCN1c1cc(C#N)ccc1N. The Kier molecular flexibility index (Phi) is 3.73. The van der Waals surface area contributed by atoms with Crippen molar-refractivity contribution >= 4 is 11.4 Å². The van der Waals surface area contributed by atoms with Crippen molar-refractivity contribution in [2.45, 2.75) is 18.9 Å². The lowest BCUT2D eigenvalue weighted by atomic mass is 10.1. The van der Waals surface area contributed by atoms with Gasteiger partial charge in [-0.25, -0.2) is 0 Å². The van der Waals surface area contributed by atoms with Crippen molar-refractivity contribution in [2.24, 2.45) is 0 Å². The number of anilines is 2. The van der Waals surface area contributed by atoms with E-state index in [1.54, 1.807) is 6.07 Å². The van der Waals surface area contributed by atoms with Crippen molar-refractivity contribution < 1.29 is 0 Å². The average Bonchev–Trinajstić information content (AvgIpc) is 2.77. The number of nitrogen functional groups attached to an aromatic ring is 1. The van der Waals surface area contributed by atoms with E-state index in [9.17, 15) is 0 Å². The quantitative estimate of drug-likeness (QED) is 0.822. The van der Waals surface area contributed by atoms with Crippen molar-refractivity contribution in [1.29, 1.82) is 5.26 Å². The Morgan fingerprint density at radius 2 is 2.28 bits per heavy atom. The van der Waals surface area contributed by atoms with Gasteiger partial charge in [-0.3, -0.25) is 0 Å². The Bertz CT molecular complexity index is 461. The second-order valence-corrected chi connectivity index (χ2v) is 5.14. The first-order valence-corrected chi connectivity index (χ1v) is 6.33. The van der Waals surface area contributed by atoms with Crippen LogP contribution in [0, 0.1) is 11.3 Å². The molecule has 1 aromatic rings. The molecule has 0 spiro atoms. The number of hydrogen-bond donors (Lipinski definition) is 1. The Morgan fingerprint density at radius 1 is 1.50 bits per heavy atom. The van der Waals surface area contributed by atoms with E-state index in [0.29, 0.717) is 11.6 Å². The third kappa shape index (κ3) is 2.57. The molecule has 1 aromatic carbocycles. The van der Waals surface area contributed by atoms with Gasteiger partial charge in [-0.05, 0) is 45.1 Å². The van der Waals surface area contributed by atoms with Crippen molar-refractivity contribution in [2.75, 3.05) is 37.8 Å². The minimum absolute atomic E-state index is 0.497. The Hall–Kier alpha value is -1.73. The number of likely N-dealkylation sites (N-methyl/N-ethyl adjacent to an activating group) is 1.